The molecule has 0 unspecified atom stereocenters. The number of Topliss-reactive ketones (excluding diaryl/α,β-unsaturated/α-hetero) is 1. The van der Waals surface area contributed by atoms with E-state index in [1.165, 1.54) is 0 Å². The molecule has 1 nitrogen and oxygen atoms in total. The zero-order valence-electron chi connectivity index (χ0n) is 11.5. The van der Waals surface area contributed by atoms with E-state index in [0.29, 0.717) is 5.56 Å². The Balaban J connectivity index is 2.48. The molecule has 0 aromatic heterocycles. The number of rotatable bonds is 3. The first kappa shape index (κ1) is 17.1. The molecule has 0 atom stereocenters. The van der Waals surface area contributed by atoms with Crippen LogP contribution in [0.4, 0.5) is 26.3 Å². The number of halogens is 6. The molecule has 2 aromatic rings. The molecule has 0 heterocycles. The zero-order chi connectivity index (χ0) is 17.3. The van der Waals surface area contributed by atoms with E-state index >= 15 is 0 Å². The maximum Gasteiger partial charge on any atom is 0.454 e. The van der Waals surface area contributed by atoms with Gasteiger partial charge in [-0.3, -0.25) is 4.79 Å². The van der Waals surface area contributed by atoms with Crippen molar-refractivity contribution in [2.75, 3.05) is 0 Å². The highest BCUT2D eigenvalue weighted by atomic mass is 19.4. The number of ketones is 1. The number of carbonyl (C=O) groups excluding carboxylic acids is 1. The topological polar surface area (TPSA) is 17.1 Å². The molecule has 0 aliphatic heterocycles. The summed E-state index contributed by atoms with van der Waals surface area (Å²) >= 11 is 0. The van der Waals surface area contributed by atoms with E-state index in [4.69, 9.17) is 0 Å². The van der Waals surface area contributed by atoms with Crippen LogP contribution >= 0.6 is 0 Å². The highest BCUT2D eigenvalue weighted by Gasteiger charge is 2.41. The Morgan fingerprint density at radius 2 is 1.43 bits per heavy atom. The van der Waals surface area contributed by atoms with Crippen molar-refractivity contribution in [1.29, 1.82) is 0 Å². The number of hydrogen-bond acceptors (Lipinski definition) is 1. The van der Waals surface area contributed by atoms with Crippen LogP contribution in [-0.2, 0) is 12.6 Å². The SMILES string of the molecule is O=C(c1cc(Cc2ccccc2)cc(C(F)(F)F)c1)C(F)(F)F. The molecule has 2 aromatic carbocycles. The van der Waals surface area contributed by atoms with E-state index in [-0.39, 0.29) is 18.1 Å². The molecule has 0 spiro atoms. The molecule has 7 heteroatoms. The lowest BCUT2D eigenvalue weighted by Gasteiger charge is -2.13. The third kappa shape index (κ3) is 4.34. The first-order valence-corrected chi connectivity index (χ1v) is 6.44. The molecule has 0 saturated carbocycles. The summed E-state index contributed by atoms with van der Waals surface area (Å²) < 4.78 is 76.0. The maximum atomic E-state index is 12.9. The van der Waals surface area contributed by atoms with Crippen molar-refractivity contribution >= 4 is 5.78 Å². The standard InChI is InChI=1S/C16H10F6O/c17-15(18,19)13-8-11(6-10-4-2-1-3-5-10)7-12(9-13)14(23)16(20,21)22/h1-5,7-9H,6H2. The second-order valence-electron chi connectivity index (χ2n) is 4.91. The summed E-state index contributed by atoms with van der Waals surface area (Å²) in [6.07, 6.45) is -10.1. The number of alkyl halides is 6. The molecule has 122 valence electrons. The first-order valence-electron chi connectivity index (χ1n) is 6.44. The molecule has 0 radical (unpaired) electrons. The molecule has 0 amide bonds. The van der Waals surface area contributed by atoms with Crippen LogP contribution in [0, 0.1) is 0 Å². The molecule has 0 saturated heterocycles. The minimum Gasteiger partial charge on any atom is -0.284 e. The number of carbonyl (C=O) groups is 1. The average molecular weight is 332 g/mol. The van der Waals surface area contributed by atoms with Crippen molar-refractivity contribution in [3.8, 4) is 0 Å². The zero-order valence-corrected chi connectivity index (χ0v) is 11.5. The van der Waals surface area contributed by atoms with Gasteiger partial charge in [0.1, 0.15) is 0 Å². The summed E-state index contributed by atoms with van der Waals surface area (Å²) in [4.78, 5) is 11.3. The van der Waals surface area contributed by atoms with Crippen LogP contribution in [0.2, 0.25) is 0 Å². The summed E-state index contributed by atoms with van der Waals surface area (Å²) in [6, 6.07) is 10.1. The molecule has 0 aliphatic rings. The van der Waals surface area contributed by atoms with Crippen LogP contribution in [0.1, 0.15) is 27.0 Å². The van der Waals surface area contributed by atoms with Crippen molar-refractivity contribution in [2.24, 2.45) is 0 Å². The Labute approximate surface area is 127 Å². The summed E-state index contributed by atoms with van der Waals surface area (Å²) in [7, 11) is 0. The molecular weight excluding hydrogens is 322 g/mol. The van der Waals surface area contributed by atoms with Gasteiger partial charge in [-0.15, -0.1) is 0 Å². The van der Waals surface area contributed by atoms with Gasteiger partial charge in [0.05, 0.1) is 5.56 Å². The minimum atomic E-state index is -5.23. The van der Waals surface area contributed by atoms with Crippen LogP contribution in [0.5, 0.6) is 0 Å². The summed E-state index contributed by atoms with van der Waals surface area (Å²) in [5.41, 5.74) is -1.69. The Kier molecular flexibility index (Phi) is 4.49. The maximum absolute atomic E-state index is 12.9. The van der Waals surface area contributed by atoms with Gasteiger partial charge in [-0.05, 0) is 35.7 Å². The summed E-state index contributed by atoms with van der Waals surface area (Å²) in [6.45, 7) is 0. The Morgan fingerprint density at radius 1 is 0.826 bits per heavy atom. The van der Waals surface area contributed by atoms with Crippen molar-refractivity contribution in [2.45, 2.75) is 18.8 Å². The van der Waals surface area contributed by atoms with Crippen LogP contribution in [-0.4, -0.2) is 12.0 Å². The Bertz CT molecular complexity index is 701. The van der Waals surface area contributed by atoms with Gasteiger partial charge in [0.25, 0.3) is 5.78 Å². The average Bonchev–Trinajstić information content (AvgIpc) is 2.45. The van der Waals surface area contributed by atoms with Crippen LogP contribution in [0.15, 0.2) is 48.5 Å². The fourth-order valence-corrected chi connectivity index (χ4v) is 2.08. The smallest absolute Gasteiger partial charge is 0.284 e. The van der Waals surface area contributed by atoms with Gasteiger partial charge in [-0.25, -0.2) is 0 Å². The van der Waals surface area contributed by atoms with E-state index in [2.05, 4.69) is 0 Å². The van der Waals surface area contributed by atoms with Gasteiger partial charge in [0.15, 0.2) is 0 Å². The summed E-state index contributed by atoms with van der Waals surface area (Å²) in [5.74, 6) is -2.29. The van der Waals surface area contributed by atoms with E-state index in [9.17, 15) is 31.1 Å². The minimum absolute atomic E-state index is 0.0110. The molecule has 0 aliphatic carbocycles. The van der Waals surface area contributed by atoms with E-state index in [0.717, 1.165) is 12.1 Å². The highest BCUT2D eigenvalue weighted by molar-refractivity contribution is 6.00. The molecule has 0 fully saturated rings. The van der Waals surface area contributed by atoms with Gasteiger partial charge >= 0.3 is 12.4 Å². The Hall–Kier alpha value is -2.31. The van der Waals surface area contributed by atoms with Crippen molar-refractivity contribution < 1.29 is 31.1 Å². The van der Waals surface area contributed by atoms with Crippen LogP contribution in [0.3, 0.4) is 0 Å². The number of hydrogen-bond donors (Lipinski definition) is 0. The lowest BCUT2D eigenvalue weighted by Crippen LogP contribution is -2.23. The molecule has 0 N–H and O–H groups in total. The van der Waals surface area contributed by atoms with Gasteiger partial charge in [-0.2, -0.15) is 26.3 Å². The Morgan fingerprint density at radius 3 is 1.96 bits per heavy atom. The highest BCUT2D eigenvalue weighted by Crippen LogP contribution is 2.33. The van der Waals surface area contributed by atoms with Crippen LogP contribution in [0.25, 0.3) is 0 Å². The monoisotopic (exact) mass is 332 g/mol. The third-order valence-corrected chi connectivity index (χ3v) is 3.09. The van der Waals surface area contributed by atoms with E-state index < -0.39 is 29.3 Å². The fraction of sp³-hybridized carbons (Fsp3) is 0.188. The lowest BCUT2D eigenvalue weighted by molar-refractivity contribution is -0.137. The summed E-state index contributed by atoms with van der Waals surface area (Å²) in [5, 5.41) is 0. The second-order valence-corrected chi connectivity index (χ2v) is 4.91. The van der Waals surface area contributed by atoms with Gasteiger partial charge in [0.2, 0.25) is 0 Å². The molecule has 0 bridgehead atoms. The quantitative estimate of drug-likeness (QED) is 0.568. The number of benzene rings is 2. The lowest BCUT2D eigenvalue weighted by atomic mass is 9.97. The van der Waals surface area contributed by atoms with E-state index in [1.54, 1.807) is 30.3 Å². The van der Waals surface area contributed by atoms with Crippen molar-refractivity contribution in [3.05, 3.63) is 70.8 Å². The fourth-order valence-electron chi connectivity index (χ4n) is 2.08. The van der Waals surface area contributed by atoms with Gasteiger partial charge < -0.3 is 0 Å². The first-order chi connectivity index (χ1) is 10.6. The largest absolute Gasteiger partial charge is 0.454 e. The van der Waals surface area contributed by atoms with E-state index in [1.807, 2.05) is 0 Å². The van der Waals surface area contributed by atoms with Crippen LogP contribution < -0.4 is 0 Å². The molecular formula is C16H10F6O. The third-order valence-electron chi connectivity index (χ3n) is 3.09. The van der Waals surface area contributed by atoms with Crippen molar-refractivity contribution in [1.82, 2.24) is 0 Å². The predicted octanol–water partition coefficient (Wildman–Crippen LogP) is 5.04. The second kappa shape index (κ2) is 6.06. The van der Waals surface area contributed by atoms with Gasteiger partial charge in [0, 0.05) is 5.56 Å². The molecule has 23 heavy (non-hydrogen) atoms. The predicted molar refractivity (Wildman–Crippen MR) is 71.1 cm³/mol. The normalized spacial score (nSPS) is 12.3. The van der Waals surface area contributed by atoms with Crippen molar-refractivity contribution in [3.63, 3.8) is 0 Å². The van der Waals surface area contributed by atoms with Gasteiger partial charge in [-0.1, -0.05) is 30.3 Å². The molecule has 2 rings (SSSR count).